The fourth-order valence-electron chi connectivity index (χ4n) is 2.51. The molecule has 3 unspecified atom stereocenters. The van der Waals surface area contributed by atoms with Crippen LogP contribution in [0.15, 0.2) is 24.3 Å². The van der Waals surface area contributed by atoms with Gasteiger partial charge in [0.1, 0.15) is 11.8 Å². The third-order valence-corrected chi connectivity index (χ3v) is 4.29. The van der Waals surface area contributed by atoms with Crippen LogP contribution in [0, 0.1) is 0 Å². The summed E-state index contributed by atoms with van der Waals surface area (Å²) in [6.07, 6.45) is 1.29. The van der Waals surface area contributed by atoms with Gasteiger partial charge < -0.3 is 15.2 Å². The Balaban J connectivity index is 2.02. The predicted octanol–water partition coefficient (Wildman–Crippen LogP) is 0.880. The summed E-state index contributed by atoms with van der Waals surface area (Å²) in [5.74, 6) is 0.694. The summed E-state index contributed by atoms with van der Waals surface area (Å²) in [6.45, 7) is 3.70. The van der Waals surface area contributed by atoms with Crippen molar-refractivity contribution in [2.45, 2.75) is 44.3 Å². The van der Waals surface area contributed by atoms with Crippen LogP contribution in [-0.2, 0) is 4.79 Å². The van der Waals surface area contributed by atoms with E-state index >= 15 is 0 Å². The molecule has 0 spiro atoms. The number of ether oxygens (including phenoxy) is 1. The minimum Gasteiger partial charge on any atom is -0.496 e. The second kappa shape index (κ2) is 7.09. The highest BCUT2D eigenvalue weighted by molar-refractivity contribution is 5.82. The number of aliphatic hydroxyl groups is 1. The maximum absolute atomic E-state index is 12.4. The number of hydrogen-bond donors (Lipinski definition) is 4. The summed E-state index contributed by atoms with van der Waals surface area (Å²) in [5.41, 5.74) is 6.61. The van der Waals surface area contributed by atoms with E-state index in [1.807, 2.05) is 38.1 Å². The molecule has 0 bridgehead atoms. The van der Waals surface area contributed by atoms with E-state index in [2.05, 4.69) is 16.2 Å². The number of carbonyl (C=O) groups excluding carboxylic acids is 1. The van der Waals surface area contributed by atoms with Gasteiger partial charge in [-0.15, -0.1) is 0 Å². The molecular weight excluding hydrogens is 282 g/mol. The van der Waals surface area contributed by atoms with Gasteiger partial charge in [-0.3, -0.25) is 4.79 Å². The number of methoxy groups -OCH3 is 1. The van der Waals surface area contributed by atoms with Crippen LogP contribution in [0.3, 0.4) is 0 Å². The maximum Gasteiger partial charge on any atom is 0.239 e. The van der Waals surface area contributed by atoms with E-state index in [0.717, 1.165) is 11.3 Å². The van der Waals surface area contributed by atoms with Gasteiger partial charge in [-0.1, -0.05) is 25.1 Å². The number of carbonyl (C=O) groups is 1. The summed E-state index contributed by atoms with van der Waals surface area (Å²) in [6, 6.07) is 7.43. The molecule has 4 N–H and O–H groups in total. The van der Waals surface area contributed by atoms with Crippen molar-refractivity contribution in [2.75, 3.05) is 13.7 Å². The third-order valence-electron chi connectivity index (χ3n) is 4.29. The van der Waals surface area contributed by atoms with E-state index in [-0.39, 0.29) is 24.6 Å². The van der Waals surface area contributed by atoms with Crippen molar-refractivity contribution >= 4 is 5.91 Å². The Morgan fingerprint density at radius 3 is 2.82 bits per heavy atom. The Morgan fingerprint density at radius 2 is 2.18 bits per heavy atom. The number of benzene rings is 1. The van der Waals surface area contributed by atoms with Gasteiger partial charge in [0.25, 0.3) is 0 Å². The molecule has 1 saturated heterocycles. The van der Waals surface area contributed by atoms with Crippen molar-refractivity contribution in [1.29, 1.82) is 0 Å². The van der Waals surface area contributed by atoms with Crippen molar-refractivity contribution in [3.63, 3.8) is 0 Å². The number of hydrazine groups is 1. The Labute approximate surface area is 131 Å². The summed E-state index contributed by atoms with van der Waals surface area (Å²) in [4.78, 5) is 12.4. The number of aliphatic hydroxyl groups excluding tert-OH is 1. The molecule has 1 heterocycles. The lowest BCUT2D eigenvalue weighted by atomic mass is 9.97. The van der Waals surface area contributed by atoms with Gasteiger partial charge in [0.15, 0.2) is 0 Å². The quantitative estimate of drug-likeness (QED) is 0.627. The highest BCUT2D eigenvalue weighted by atomic mass is 16.5. The molecular formula is C16H25N3O3. The monoisotopic (exact) mass is 307 g/mol. The number of para-hydroxylation sites is 1. The second-order valence-corrected chi connectivity index (χ2v) is 5.93. The third kappa shape index (κ3) is 3.58. The molecule has 6 heteroatoms. The van der Waals surface area contributed by atoms with Crippen molar-refractivity contribution in [1.82, 2.24) is 16.2 Å². The average Bonchev–Trinajstić information content (AvgIpc) is 3.04. The topological polar surface area (TPSA) is 82.6 Å². The smallest absolute Gasteiger partial charge is 0.239 e. The van der Waals surface area contributed by atoms with E-state index in [1.54, 1.807) is 7.11 Å². The molecule has 1 aliphatic heterocycles. The normalized spacial score (nSPS) is 23.8. The first-order valence-electron chi connectivity index (χ1n) is 7.60. The SMILES string of the molecule is CCC(C)(CO)NC(=O)C1CC(c2ccccc2OC)NN1. The van der Waals surface area contributed by atoms with Crippen LogP contribution in [0.5, 0.6) is 5.75 Å². The summed E-state index contributed by atoms with van der Waals surface area (Å²) in [5, 5.41) is 12.3. The van der Waals surface area contributed by atoms with Crippen LogP contribution in [0.25, 0.3) is 0 Å². The van der Waals surface area contributed by atoms with Crippen LogP contribution < -0.4 is 20.9 Å². The van der Waals surface area contributed by atoms with Crippen LogP contribution in [0.2, 0.25) is 0 Å². The molecule has 1 aromatic rings. The van der Waals surface area contributed by atoms with Crippen molar-refractivity contribution in [3.05, 3.63) is 29.8 Å². The largest absolute Gasteiger partial charge is 0.496 e. The highest BCUT2D eigenvalue weighted by Gasteiger charge is 2.34. The predicted molar refractivity (Wildman–Crippen MR) is 84.3 cm³/mol. The van der Waals surface area contributed by atoms with Gasteiger partial charge in [-0.05, 0) is 25.8 Å². The van der Waals surface area contributed by atoms with E-state index in [4.69, 9.17) is 4.74 Å². The molecule has 3 atom stereocenters. The van der Waals surface area contributed by atoms with Gasteiger partial charge in [0, 0.05) is 5.56 Å². The van der Waals surface area contributed by atoms with Crippen LogP contribution in [0.1, 0.15) is 38.3 Å². The molecule has 1 fully saturated rings. The summed E-state index contributed by atoms with van der Waals surface area (Å²) < 4.78 is 5.37. The van der Waals surface area contributed by atoms with Crippen molar-refractivity contribution < 1.29 is 14.6 Å². The highest BCUT2D eigenvalue weighted by Crippen LogP contribution is 2.30. The zero-order chi connectivity index (χ0) is 16.2. The standard InChI is InChI=1S/C16H25N3O3/c1-4-16(2,10-20)17-15(21)13-9-12(18-19-13)11-7-5-6-8-14(11)22-3/h5-8,12-13,18-20H,4,9-10H2,1-3H3,(H,17,21). The van der Waals surface area contributed by atoms with E-state index in [9.17, 15) is 9.90 Å². The van der Waals surface area contributed by atoms with Gasteiger partial charge in [-0.25, -0.2) is 10.9 Å². The Kier molecular flexibility index (Phi) is 5.39. The summed E-state index contributed by atoms with van der Waals surface area (Å²) >= 11 is 0. The van der Waals surface area contributed by atoms with E-state index in [1.165, 1.54) is 0 Å². The summed E-state index contributed by atoms with van der Waals surface area (Å²) in [7, 11) is 1.64. The molecule has 0 aliphatic carbocycles. The first-order valence-corrected chi connectivity index (χ1v) is 7.60. The average molecular weight is 307 g/mol. The van der Waals surface area contributed by atoms with Gasteiger partial charge >= 0.3 is 0 Å². The zero-order valence-corrected chi connectivity index (χ0v) is 13.3. The molecule has 0 saturated carbocycles. The zero-order valence-electron chi connectivity index (χ0n) is 13.3. The fraction of sp³-hybridized carbons (Fsp3) is 0.562. The first-order chi connectivity index (χ1) is 10.5. The Bertz CT molecular complexity index is 517. The molecule has 1 amide bonds. The number of nitrogens with one attached hydrogen (secondary N) is 3. The maximum atomic E-state index is 12.4. The molecule has 1 aliphatic rings. The number of rotatable bonds is 6. The lowest BCUT2D eigenvalue weighted by Gasteiger charge is -2.28. The Morgan fingerprint density at radius 1 is 1.45 bits per heavy atom. The Hall–Kier alpha value is -1.63. The molecule has 122 valence electrons. The molecule has 1 aromatic carbocycles. The fourth-order valence-corrected chi connectivity index (χ4v) is 2.51. The second-order valence-electron chi connectivity index (χ2n) is 5.93. The lowest BCUT2D eigenvalue weighted by molar-refractivity contribution is -0.125. The van der Waals surface area contributed by atoms with Crippen molar-refractivity contribution in [3.8, 4) is 5.75 Å². The van der Waals surface area contributed by atoms with Gasteiger partial charge in [0.2, 0.25) is 5.91 Å². The molecule has 0 aromatic heterocycles. The minimum atomic E-state index is -0.582. The molecule has 6 nitrogen and oxygen atoms in total. The minimum absolute atomic E-state index is 0.00825. The van der Waals surface area contributed by atoms with E-state index in [0.29, 0.717) is 12.8 Å². The van der Waals surface area contributed by atoms with Crippen LogP contribution in [-0.4, -0.2) is 36.3 Å². The number of hydrogen-bond acceptors (Lipinski definition) is 5. The molecule has 22 heavy (non-hydrogen) atoms. The van der Waals surface area contributed by atoms with Gasteiger partial charge in [-0.2, -0.15) is 0 Å². The lowest BCUT2D eigenvalue weighted by Crippen LogP contribution is -2.54. The molecule has 0 radical (unpaired) electrons. The number of amides is 1. The van der Waals surface area contributed by atoms with Gasteiger partial charge in [0.05, 0.1) is 25.3 Å². The van der Waals surface area contributed by atoms with Crippen LogP contribution >= 0.6 is 0 Å². The van der Waals surface area contributed by atoms with Crippen molar-refractivity contribution in [2.24, 2.45) is 0 Å². The first kappa shape index (κ1) is 16.7. The van der Waals surface area contributed by atoms with E-state index < -0.39 is 5.54 Å². The van der Waals surface area contributed by atoms with Crippen LogP contribution in [0.4, 0.5) is 0 Å². The molecule has 2 rings (SSSR count).